The van der Waals surface area contributed by atoms with Crippen molar-refractivity contribution in [1.29, 1.82) is 0 Å². The quantitative estimate of drug-likeness (QED) is 0.751. The molecule has 0 amide bonds. The molecule has 0 aromatic heterocycles. The van der Waals surface area contributed by atoms with Gasteiger partial charge in [-0.1, -0.05) is 0 Å². The lowest BCUT2D eigenvalue weighted by Crippen LogP contribution is -2.00. The van der Waals surface area contributed by atoms with Gasteiger partial charge in [-0.15, -0.1) is 0 Å². The van der Waals surface area contributed by atoms with Crippen LogP contribution in [0.4, 0.5) is 4.39 Å². The normalized spacial score (nSPS) is 14.3. The highest BCUT2D eigenvalue weighted by molar-refractivity contribution is 8.13. The van der Waals surface area contributed by atoms with Crippen LogP contribution in [-0.4, -0.2) is 15.2 Å². The highest BCUT2D eigenvalue weighted by Crippen LogP contribution is 2.38. The van der Waals surface area contributed by atoms with Gasteiger partial charge < -0.3 is 9.47 Å². The van der Waals surface area contributed by atoms with Crippen LogP contribution >= 0.6 is 10.7 Å². The van der Waals surface area contributed by atoms with Crippen molar-refractivity contribution in [2.45, 2.75) is 5.75 Å². The monoisotopic (exact) mass is 252 g/mol. The fourth-order valence-corrected chi connectivity index (χ4v) is 2.25. The van der Waals surface area contributed by atoms with Crippen LogP contribution in [-0.2, 0) is 14.8 Å². The van der Waals surface area contributed by atoms with E-state index in [-0.39, 0.29) is 18.1 Å². The largest absolute Gasteiger partial charge is 0.454 e. The zero-order valence-electron chi connectivity index (χ0n) is 7.37. The molecule has 0 unspecified atom stereocenters. The molecule has 1 aliphatic rings. The number of ether oxygens (including phenoxy) is 2. The van der Waals surface area contributed by atoms with E-state index in [9.17, 15) is 12.8 Å². The van der Waals surface area contributed by atoms with Crippen molar-refractivity contribution in [3.05, 3.63) is 23.5 Å². The second-order valence-electron chi connectivity index (χ2n) is 2.94. The molecule has 1 aliphatic heterocycles. The van der Waals surface area contributed by atoms with E-state index in [1.807, 2.05) is 0 Å². The Bertz CT molecular complexity index is 500. The Balaban J connectivity index is 2.50. The summed E-state index contributed by atoms with van der Waals surface area (Å²) < 4.78 is 45.0. The minimum absolute atomic E-state index is 0.0475. The van der Waals surface area contributed by atoms with E-state index in [2.05, 4.69) is 0 Å². The molecule has 0 fully saturated rings. The first kappa shape index (κ1) is 10.5. The van der Waals surface area contributed by atoms with Gasteiger partial charge in [-0.3, -0.25) is 0 Å². The van der Waals surface area contributed by atoms with E-state index in [1.54, 1.807) is 0 Å². The number of hydrogen-bond acceptors (Lipinski definition) is 4. The Hall–Kier alpha value is -1.01. The molecule has 0 saturated carbocycles. The minimum atomic E-state index is -3.82. The van der Waals surface area contributed by atoms with Gasteiger partial charge in [-0.2, -0.15) is 0 Å². The lowest BCUT2D eigenvalue weighted by atomic mass is 10.2. The molecule has 15 heavy (non-hydrogen) atoms. The van der Waals surface area contributed by atoms with Gasteiger partial charge in [0.2, 0.25) is 15.8 Å². The lowest BCUT2D eigenvalue weighted by Gasteiger charge is -2.04. The molecule has 1 aromatic carbocycles. The van der Waals surface area contributed by atoms with E-state index in [1.165, 1.54) is 6.07 Å². The van der Waals surface area contributed by atoms with Gasteiger partial charge in [-0.25, -0.2) is 12.8 Å². The van der Waals surface area contributed by atoms with Crippen molar-refractivity contribution in [2.75, 3.05) is 6.79 Å². The third-order valence-corrected chi connectivity index (χ3v) is 2.86. The number of benzene rings is 1. The Morgan fingerprint density at radius 3 is 2.80 bits per heavy atom. The molecule has 7 heteroatoms. The summed E-state index contributed by atoms with van der Waals surface area (Å²) >= 11 is 0. The Labute approximate surface area is 90.0 Å². The SMILES string of the molecule is O=S(=O)(Cl)Cc1c(F)ccc2c1OCO2. The van der Waals surface area contributed by atoms with Crippen molar-refractivity contribution in [3.8, 4) is 11.5 Å². The summed E-state index contributed by atoms with van der Waals surface area (Å²) in [4.78, 5) is 0. The van der Waals surface area contributed by atoms with Gasteiger partial charge in [0.05, 0.1) is 11.3 Å². The first-order valence-electron chi connectivity index (χ1n) is 3.97. The highest BCUT2D eigenvalue weighted by atomic mass is 35.7. The molecule has 82 valence electrons. The summed E-state index contributed by atoms with van der Waals surface area (Å²) in [7, 11) is 1.23. The molecular weight excluding hydrogens is 247 g/mol. The van der Waals surface area contributed by atoms with Gasteiger partial charge in [-0.05, 0) is 12.1 Å². The minimum Gasteiger partial charge on any atom is -0.454 e. The van der Waals surface area contributed by atoms with Crippen molar-refractivity contribution in [2.24, 2.45) is 0 Å². The number of hydrogen-bond donors (Lipinski definition) is 0. The summed E-state index contributed by atoms with van der Waals surface area (Å²) in [6.45, 7) is -0.0475. The average Bonchev–Trinajstić information content (AvgIpc) is 2.56. The lowest BCUT2D eigenvalue weighted by molar-refractivity contribution is 0.173. The average molecular weight is 253 g/mol. The van der Waals surface area contributed by atoms with E-state index in [0.29, 0.717) is 5.75 Å². The summed E-state index contributed by atoms with van der Waals surface area (Å²) in [6.07, 6.45) is 0. The Morgan fingerprint density at radius 1 is 1.40 bits per heavy atom. The van der Waals surface area contributed by atoms with Crippen LogP contribution in [0.25, 0.3) is 0 Å². The Kier molecular flexibility index (Phi) is 2.47. The van der Waals surface area contributed by atoms with Crippen LogP contribution in [0.1, 0.15) is 5.56 Å². The highest BCUT2D eigenvalue weighted by Gasteiger charge is 2.24. The molecule has 2 rings (SSSR count). The molecule has 0 radical (unpaired) electrons. The second-order valence-corrected chi connectivity index (χ2v) is 5.72. The molecule has 0 N–H and O–H groups in total. The number of rotatable bonds is 2. The van der Waals surface area contributed by atoms with Gasteiger partial charge in [0.1, 0.15) is 5.82 Å². The third-order valence-electron chi connectivity index (χ3n) is 1.90. The molecule has 0 spiro atoms. The molecule has 4 nitrogen and oxygen atoms in total. The van der Waals surface area contributed by atoms with Crippen LogP contribution in [0.15, 0.2) is 12.1 Å². The maximum Gasteiger partial charge on any atom is 0.237 e. The zero-order valence-corrected chi connectivity index (χ0v) is 8.94. The van der Waals surface area contributed by atoms with Gasteiger partial charge in [0.15, 0.2) is 11.5 Å². The van der Waals surface area contributed by atoms with E-state index < -0.39 is 20.6 Å². The smallest absolute Gasteiger partial charge is 0.237 e. The molecule has 0 saturated heterocycles. The van der Waals surface area contributed by atoms with Gasteiger partial charge in [0, 0.05) is 10.7 Å². The van der Waals surface area contributed by atoms with Crippen LogP contribution < -0.4 is 9.47 Å². The van der Waals surface area contributed by atoms with Crippen LogP contribution in [0.3, 0.4) is 0 Å². The molecule has 0 bridgehead atoms. The molecule has 1 heterocycles. The van der Waals surface area contributed by atoms with Crippen molar-refractivity contribution in [3.63, 3.8) is 0 Å². The van der Waals surface area contributed by atoms with Gasteiger partial charge >= 0.3 is 0 Å². The fourth-order valence-electron chi connectivity index (χ4n) is 1.31. The van der Waals surface area contributed by atoms with E-state index in [0.717, 1.165) is 6.07 Å². The molecule has 0 atom stereocenters. The number of halogens is 2. The second kappa shape index (κ2) is 3.53. The summed E-state index contributed by atoms with van der Waals surface area (Å²) in [6, 6.07) is 2.49. The summed E-state index contributed by atoms with van der Waals surface area (Å²) in [5, 5.41) is 0. The van der Waals surface area contributed by atoms with Crippen LogP contribution in [0.5, 0.6) is 11.5 Å². The molecular formula is C8H6ClFO4S. The van der Waals surface area contributed by atoms with E-state index in [4.69, 9.17) is 20.2 Å². The first-order chi connectivity index (χ1) is 6.97. The third kappa shape index (κ3) is 2.15. The standard InChI is InChI=1S/C8H6ClFO4S/c9-15(11,12)3-5-6(10)1-2-7-8(5)14-4-13-7/h1-2H,3-4H2. The van der Waals surface area contributed by atoms with Crippen molar-refractivity contribution < 1.29 is 22.3 Å². The first-order valence-corrected chi connectivity index (χ1v) is 6.44. The predicted molar refractivity (Wildman–Crippen MR) is 51.0 cm³/mol. The topological polar surface area (TPSA) is 52.6 Å². The molecule has 1 aromatic rings. The molecule has 0 aliphatic carbocycles. The predicted octanol–water partition coefficient (Wildman–Crippen LogP) is 1.62. The summed E-state index contributed by atoms with van der Waals surface area (Å²) in [5.74, 6) is -0.859. The number of fused-ring (bicyclic) bond motifs is 1. The summed E-state index contributed by atoms with van der Waals surface area (Å²) in [5.41, 5.74) is -0.0972. The van der Waals surface area contributed by atoms with Crippen LogP contribution in [0.2, 0.25) is 0 Å². The van der Waals surface area contributed by atoms with Gasteiger partial charge in [0.25, 0.3) is 0 Å². The Morgan fingerprint density at radius 2 is 2.13 bits per heavy atom. The maximum atomic E-state index is 13.3. The van der Waals surface area contributed by atoms with Crippen LogP contribution in [0, 0.1) is 5.82 Å². The van der Waals surface area contributed by atoms with E-state index >= 15 is 0 Å². The van der Waals surface area contributed by atoms with Crippen molar-refractivity contribution >= 4 is 19.7 Å². The fraction of sp³-hybridized carbons (Fsp3) is 0.250. The van der Waals surface area contributed by atoms with Crippen molar-refractivity contribution in [1.82, 2.24) is 0 Å². The zero-order chi connectivity index (χ0) is 11.1. The maximum absolute atomic E-state index is 13.3.